The molecule has 0 atom stereocenters. The lowest BCUT2D eigenvalue weighted by molar-refractivity contribution is -0.146. The average molecular weight is 319 g/mol. The van der Waals surface area contributed by atoms with Crippen LogP contribution in [0.4, 0.5) is 0 Å². The number of hydrogen-bond acceptors (Lipinski definition) is 2. The average Bonchev–Trinajstić information content (AvgIpc) is 2.79. The molecule has 0 aromatic carbocycles. The van der Waals surface area contributed by atoms with Crippen LogP contribution in [-0.4, -0.2) is 37.0 Å². The van der Waals surface area contributed by atoms with Crippen LogP contribution in [0.25, 0.3) is 0 Å². The van der Waals surface area contributed by atoms with Crippen molar-refractivity contribution in [1.29, 1.82) is 0 Å². The summed E-state index contributed by atoms with van der Waals surface area (Å²) in [5.41, 5.74) is 0.0390. The summed E-state index contributed by atoms with van der Waals surface area (Å²) in [5.74, 6) is 3.00. The summed E-state index contributed by atoms with van der Waals surface area (Å²) in [6.07, 6.45) is 14.5. The Labute approximate surface area is 141 Å². The largest absolute Gasteiger partial charge is 0.356 e. The highest BCUT2D eigenvalue weighted by molar-refractivity contribution is 5.83. The molecule has 23 heavy (non-hydrogen) atoms. The van der Waals surface area contributed by atoms with Gasteiger partial charge in [0.05, 0.1) is 0 Å². The Morgan fingerprint density at radius 1 is 0.913 bits per heavy atom. The number of nitrogens with one attached hydrogen (secondary N) is 1. The molecule has 1 amide bonds. The second-order valence-corrected chi connectivity index (χ2v) is 9.06. The lowest BCUT2D eigenvalue weighted by Crippen LogP contribution is -2.53. The minimum absolute atomic E-state index is 0.0390. The predicted octanol–water partition coefficient (Wildman–Crippen LogP) is 3.59. The topological polar surface area (TPSA) is 32.3 Å². The van der Waals surface area contributed by atoms with E-state index in [-0.39, 0.29) is 5.41 Å². The molecule has 5 fully saturated rings. The Bertz CT molecular complexity index is 390. The predicted molar refractivity (Wildman–Crippen MR) is 93.1 cm³/mol. The maximum absolute atomic E-state index is 12.9. The minimum atomic E-state index is 0.0390. The quantitative estimate of drug-likeness (QED) is 0.786. The van der Waals surface area contributed by atoms with E-state index in [4.69, 9.17) is 0 Å². The van der Waals surface area contributed by atoms with Gasteiger partial charge in [-0.2, -0.15) is 0 Å². The van der Waals surface area contributed by atoms with Gasteiger partial charge in [0.1, 0.15) is 0 Å². The fourth-order valence-corrected chi connectivity index (χ4v) is 6.44. The molecule has 3 nitrogen and oxygen atoms in total. The molecular formula is C20H34N2O. The number of nitrogens with zero attached hydrogens (tertiary/aromatic N) is 1. The first-order chi connectivity index (χ1) is 11.2. The van der Waals surface area contributed by atoms with Crippen LogP contribution in [0.15, 0.2) is 0 Å². The van der Waals surface area contributed by atoms with Crippen molar-refractivity contribution < 1.29 is 4.79 Å². The summed E-state index contributed by atoms with van der Waals surface area (Å²) in [6, 6.07) is 0. The van der Waals surface area contributed by atoms with E-state index in [0.29, 0.717) is 5.91 Å². The molecule has 130 valence electrons. The van der Waals surface area contributed by atoms with Crippen molar-refractivity contribution in [3.63, 3.8) is 0 Å². The molecule has 1 aliphatic heterocycles. The number of rotatable bonds is 5. The van der Waals surface area contributed by atoms with Gasteiger partial charge in [0.25, 0.3) is 0 Å². The molecule has 0 aromatic rings. The Kier molecular flexibility index (Phi) is 4.67. The number of likely N-dealkylation sites (tertiary alicyclic amines) is 1. The van der Waals surface area contributed by atoms with E-state index in [1.165, 1.54) is 83.8 Å². The van der Waals surface area contributed by atoms with E-state index in [1.807, 2.05) is 0 Å². The van der Waals surface area contributed by atoms with Gasteiger partial charge in [-0.15, -0.1) is 0 Å². The molecule has 5 rings (SSSR count). The number of hydrogen-bond donors (Lipinski definition) is 1. The fourth-order valence-electron chi connectivity index (χ4n) is 6.44. The summed E-state index contributed by atoms with van der Waals surface area (Å²) >= 11 is 0. The molecule has 4 bridgehead atoms. The Morgan fingerprint density at radius 2 is 1.48 bits per heavy atom. The van der Waals surface area contributed by atoms with Crippen LogP contribution in [0.1, 0.15) is 70.6 Å². The molecule has 3 heteroatoms. The van der Waals surface area contributed by atoms with Crippen LogP contribution in [0, 0.1) is 23.2 Å². The SMILES string of the molecule is O=C(NCCCN1CCCCCC1)C12CC3CC(CC(C3)C1)C2. The van der Waals surface area contributed by atoms with Crippen molar-refractivity contribution in [2.45, 2.75) is 70.6 Å². The van der Waals surface area contributed by atoms with E-state index in [9.17, 15) is 4.79 Å². The standard InChI is InChI=1S/C20H34N2O/c23-19(21-6-5-9-22-7-3-1-2-4-8-22)20-13-16-10-17(14-20)12-18(11-16)15-20/h16-18H,1-15H2,(H,21,23). The van der Waals surface area contributed by atoms with Gasteiger partial charge < -0.3 is 10.2 Å². The van der Waals surface area contributed by atoms with Gasteiger partial charge in [-0.05, 0) is 95.2 Å². The number of amides is 1. The highest BCUT2D eigenvalue weighted by Gasteiger charge is 2.54. The molecule has 0 radical (unpaired) electrons. The molecule has 4 aliphatic carbocycles. The maximum atomic E-state index is 12.9. The van der Waals surface area contributed by atoms with Crippen LogP contribution in [0.5, 0.6) is 0 Å². The second-order valence-electron chi connectivity index (χ2n) is 9.06. The van der Waals surface area contributed by atoms with E-state index in [2.05, 4.69) is 10.2 Å². The van der Waals surface area contributed by atoms with Gasteiger partial charge in [0.2, 0.25) is 5.91 Å². The second kappa shape index (κ2) is 6.74. The van der Waals surface area contributed by atoms with Crippen LogP contribution in [-0.2, 0) is 4.79 Å². The highest BCUT2D eigenvalue weighted by atomic mass is 16.2. The summed E-state index contributed by atoms with van der Waals surface area (Å²) < 4.78 is 0. The molecule has 0 unspecified atom stereocenters. The van der Waals surface area contributed by atoms with E-state index < -0.39 is 0 Å². The van der Waals surface area contributed by atoms with Crippen LogP contribution < -0.4 is 5.32 Å². The molecular weight excluding hydrogens is 284 g/mol. The maximum Gasteiger partial charge on any atom is 0.226 e. The van der Waals surface area contributed by atoms with Crippen LogP contribution in [0.3, 0.4) is 0 Å². The zero-order chi connectivity index (χ0) is 15.7. The summed E-state index contributed by atoms with van der Waals surface area (Å²) in [5, 5.41) is 3.33. The van der Waals surface area contributed by atoms with Crippen molar-refractivity contribution in [1.82, 2.24) is 10.2 Å². The molecule has 4 saturated carbocycles. The van der Waals surface area contributed by atoms with Crippen LogP contribution >= 0.6 is 0 Å². The molecule has 1 saturated heterocycles. The number of carbonyl (C=O) groups excluding carboxylic acids is 1. The minimum Gasteiger partial charge on any atom is -0.356 e. The van der Waals surface area contributed by atoms with Gasteiger partial charge in [0, 0.05) is 12.0 Å². The summed E-state index contributed by atoms with van der Waals surface area (Å²) in [7, 11) is 0. The van der Waals surface area contributed by atoms with Crippen molar-refractivity contribution in [3.8, 4) is 0 Å². The summed E-state index contributed by atoms with van der Waals surface area (Å²) in [6.45, 7) is 4.59. The third-order valence-electron chi connectivity index (χ3n) is 7.16. The van der Waals surface area contributed by atoms with Gasteiger partial charge in [-0.3, -0.25) is 4.79 Å². The zero-order valence-electron chi connectivity index (χ0n) is 14.7. The summed E-state index contributed by atoms with van der Waals surface area (Å²) in [4.78, 5) is 15.5. The van der Waals surface area contributed by atoms with Crippen molar-refractivity contribution in [2.24, 2.45) is 23.2 Å². The normalized spacial score (nSPS) is 40.1. The van der Waals surface area contributed by atoms with Gasteiger partial charge in [-0.25, -0.2) is 0 Å². The highest BCUT2D eigenvalue weighted by Crippen LogP contribution is 2.60. The third-order valence-corrected chi connectivity index (χ3v) is 7.16. The zero-order valence-corrected chi connectivity index (χ0v) is 14.7. The third kappa shape index (κ3) is 3.45. The monoisotopic (exact) mass is 318 g/mol. The molecule has 1 heterocycles. The van der Waals surface area contributed by atoms with Crippen molar-refractivity contribution in [2.75, 3.05) is 26.2 Å². The molecule has 5 aliphatic rings. The first kappa shape index (κ1) is 15.9. The number of carbonyl (C=O) groups is 1. The lowest BCUT2D eigenvalue weighted by Gasteiger charge is -2.55. The van der Waals surface area contributed by atoms with E-state index >= 15 is 0 Å². The van der Waals surface area contributed by atoms with Crippen LogP contribution in [0.2, 0.25) is 0 Å². The van der Waals surface area contributed by atoms with Crippen molar-refractivity contribution >= 4 is 5.91 Å². The lowest BCUT2D eigenvalue weighted by atomic mass is 9.49. The van der Waals surface area contributed by atoms with E-state index in [1.54, 1.807) is 0 Å². The molecule has 0 aromatic heterocycles. The smallest absolute Gasteiger partial charge is 0.226 e. The Hall–Kier alpha value is -0.570. The molecule has 1 N–H and O–H groups in total. The first-order valence-electron chi connectivity index (χ1n) is 10.2. The van der Waals surface area contributed by atoms with Gasteiger partial charge in [-0.1, -0.05) is 12.8 Å². The van der Waals surface area contributed by atoms with Crippen molar-refractivity contribution in [3.05, 3.63) is 0 Å². The van der Waals surface area contributed by atoms with E-state index in [0.717, 1.165) is 30.7 Å². The van der Waals surface area contributed by atoms with Gasteiger partial charge in [0.15, 0.2) is 0 Å². The Balaban J connectivity index is 1.23. The first-order valence-corrected chi connectivity index (χ1v) is 10.2. The molecule has 0 spiro atoms. The van der Waals surface area contributed by atoms with Gasteiger partial charge >= 0.3 is 0 Å². The Morgan fingerprint density at radius 3 is 2.04 bits per heavy atom. The fraction of sp³-hybridized carbons (Fsp3) is 0.950.